The Bertz CT molecular complexity index is 1600. The Morgan fingerprint density at radius 3 is 2.71 bits per heavy atom. The van der Waals surface area contributed by atoms with Gasteiger partial charge in [0.15, 0.2) is 16.3 Å². The quantitative estimate of drug-likeness (QED) is 0.333. The zero-order valence-electron chi connectivity index (χ0n) is 21.8. The van der Waals surface area contributed by atoms with E-state index in [-0.39, 0.29) is 17.9 Å². The summed E-state index contributed by atoms with van der Waals surface area (Å²) in [6, 6.07) is 10.0. The summed E-state index contributed by atoms with van der Waals surface area (Å²) in [5, 5.41) is 10.6. The molecule has 1 aromatic heterocycles. The summed E-state index contributed by atoms with van der Waals surface area (Å²) in [7, 11) is 1.56. The van der Waals surface area contributed by atoms with Crippen molar-refractivity contribution in [2.75, 3.05) is 20.3 Å². The predicted octanol–water partition coefficient (Wildman–Crippen LogP) is 3.64. The van der Waals surface area contributed by atoms with E-state index >= 15 is 0 Å². The zero-order chi connectivity index (χ0) is 27.4. The summed E-state index contributed by atoms with van der Waals surface area (Å²) in [5.74, 6) is 0.466. The van der Waals surface area contributed by atoms with Crippen molar-refractivity contribution >= 4 is 23.4 Å². The van der Waals surface area contributed by atoms with E-state index in [9.17, 15) is 14.7 Å². The van der Waals surface area contributed by atoms with E-state index in [1.54, 1.807) is 57.4 Å². The summed E-state index contributed by atoms with van der Waals surface area (Å²) < 4.78 is 18.3. The molecule has 0 spiro atoms. The first-order chi connectivity index (χ1) is 18.3. The average Bonchev–Trinajstić information content (AvgIpc) is 3.20. The molecule has 0 saturated carbocycles. The minimum Gasteiger partial charge on any atom is -0.504 e. The Balaban J connectivity index is 1.95. The van der Waals surface area contributed by atoms with Crippen molar-refractivity contribution < 1.29 is 24.1 Å². The van der Waals surface area contributed by atoms with Gasteiger partial charge in [-0.25, -0.2) is 9.79 Å². The minimum absolute atomic E-state index is 0.0538. The van der Waals surface area contributed by atoms with E-state index in [1.807, 2.05) is 19.1 Å². The summed E-state index contributed by atoms with van der Waals surface area (Å²) >= 11 is 1.23. The standard InChI is InChI=1S/C29H30N2O6S/c1-6-10-20-13-18(14-22(26(20)32)36-7-2)15-23-27(33)31-25(19-11-9-12-21(16-19)35-5)24(28(34)37-8-3)17(4)30-29(31)38-23/h6,9,11-16,25,32H,1,7-8,10H2,2-5H3/b23-15+. The molecule has 1 atom stereocenters. The van der Waals surface area contributed by atoms with Crippen LogP contribution in [0.25, 0.3) is 6.08 Å². The van der Waals surface area contributed by atoms with Gasteiger partial charge in [0.2, 0.25) is 0 Å². The highest BCUT2D eigenvalue weighted by Gasteiger charge is 2.33. The van der Waals surface area contributed by atoms with E-state index in [4.69, 9.17) is 14.2 Å². The number of allylic oxidation sites excluding steroid dienone is 2. The first-order valence-corrected chi connectivity index (χ1v) is 13.1. The molecule has 2 aromatic carbocycles. The predicted molar refractivity (Wildman–Crippen MR) is 147 cm³/mol. The van der Waals surface area contributed by atoms with Crippen LogP contribution in [0.15, 0.2) is 70.1 Å². The van der Waals surface area contributed by atoms with Crippen LogP contribution in [0.1, 0.15) is 43.5 Å². The normalized spacial score (nSPS) is 15.1. The molecule has 38 heavy (non-hydrogen) atoms. The van der Waals surface area contributed by atoms with Gasteiger partial charge in [-0.3, -0.25) is 9.36 Å². The number of aromatic nitrogens is 1. The van der Waals surface area contributed by atoms with E-state index in [1.165, 1.54) is 15.9 Å². The summed E-state index contributed by atoms with van der Waals surface area (Å²) in [4.78, 5) is 32.0. The number of nitrogens with zero attached hydrogens (tertiary/aromatic N) is 2. The molecular weight excluding hydrogens is 504 g/mol. The van der Waals surface area contributed by atoms with Crippen LogP contribution in [0.5, 0.6) is 17.2 Å². The lowest BCUT2D eigenvalue weighted by atomic mass is 9.95. The number of esters is 1. The molecule has 0 radical (unpaired) electrons. The number of hydrogen-bond acceptors (Lipinski definition) is 8. The highest BCUT2D eigenvalue weighted by molar-refractivity contribution is 7.07. The van der Waals surface area contributed by atoms with Crippen LogP contribution in [0.2, 0.25) is 0 Å². The van der Waals surface area contributed by atoms with Crippen LogP contribution in [0, 0.1) is 0 Å². The number of methoxy groups -OCH3 is 1. The van der Waals surface area contributed by atoms with Crippen LogP contribution in [-0.2, 0) is 16.0 Å². The number of rotatable bonds is 9. The van der Waals surface area contributed by atoms with Crippen molar-refractivity contribution in [3.63, 3.8) is 0 Å². The number of phenolic OH excluding ortho intramolecular Hbond substituents is 1. The fourth-order valence-corrected chi connectivity index (χ4v) is 5.47. The number of thiazole rings is 1. The van der Waals surface area contributed by atoms with Crippen LogP contribution < -0.4 is 24.4 Å². The third-order valence-electron chi connectivity index (χ3n) is 6.06. The second kappa shape index (κ2) is 11.5. The molecule has 8 nitrogen and oxygen atoms in total. The second-order valence-corrected chi connectivity index (χ2v) is 9.54. The maximum absolute atomic E-state index is 13.9. The van der Waals surface area contributed by atoms with Gasteiger partial charge in [0.1, 0.15) is 5.75 Å². The number of phenols is 1. The van der Waals surface area contributed by atoms with E-state index in [2.05, 4.69) is 11.6 Å². The van der Waals surface area contributed by atoms with Gasteiger partial charge in [0.05, 0.1) is 42.2 Å². The largest absolute Gasteiger partial charge is 0.504 e. The SMILES string of the molecule is C=CCc1cc(/C=c2/sc3n(c2=O)C(c2cccc(OC)c2)C(C(=O)OCC)=C(C)N=3)cc(OCC)c1O. The third kappa shape index (κ3) is 5.15. The summed E-state index contributed by atoms with van der Waals surface area (Å²) in [6.07, 6.45) is 3.87. The van der Waals surface area contributed by atoms with Crippen LogP contribution >= 0.6 is 11.3 Å². The lowest BCUT2D eigenvalue weighted by Crippen LogP contribution is -2.39. The Morgan fingerprint density at radius 1 is 1.24 bits per heavy atom. The smallest absolute Gasteiger partial charge is 0.338 e. The van der Waals surface area contributed by atoms with Crippen molar-refractivity contribution in [3.05, 3.63) is 96.7 Å². The molecule has 0 fully saturated rings. The molecule has 3 aromatic rings. The number of hydrogen-bond donors (Lipinski definition) is 1. The van der Waals surface area contributed by atoms with Gasteiger partial charge >= 0.3 is 5.97 Å². The molecule has 1 N–H and O–H groups in total. The van der Waals surface area contributed by atoms with Crippen LogP contribution in [-0.4, -0.2) is 36.0 Å². The Hall–Kier alpha value is -4.11. The van der Waals surface area contributed by atoms with Gasteiger partial charge in [0.25, 0.3) is 5.56 Å². The summed E-state index contributed by atoms with van der Waals surface area (Å²) in [5.41, 5.74) is 2.52. The molecule has 1 aliphatic rings. The van der Waals surface area contributed by atoms with Crippen LogP contribution in [0.4, 0.5) is 0 Å². The van der Waals surface area contributed by atoms with Crippen molar-refractivity contribution in [2.45, 2.75) is 33.2 Å². The Labute approximate surface area is 224 Å². The van der Waals surface area contributed by atoms with Crippen molar-refractivity contribution in [1.82, 2.24) is 4.57 Å². The second-order valence-electron chi connectivity index (χ2n) is 8.53. The Kier molecular flexibility index (Phi) is 8.16. The maximum Gasteiger partial charge on any atom is 0.338 e. The lowest BCUT2D eigenvalue weighted by Gasteiger charge is -2.25. The number of fused-ring (bicyclic) bond motifs is 1. The van der Waals surface area contributed by atoms with Gasteiger partial charge in [-0.05, 0) is 68.7 Å². The molecule has 0 bridgehead atoms. The first-order valence-electron chi connectivity index (χ1n) is 12.3. The summed E-state index contributed by atoms with van der Waals surface area (Å²) in [6.45, 7) is 9.64. The molecule has 1 aliphatic heterocycles. The fraction of sp³-hybridized carbons (Fsp3) is 0.276. The molecule has 1 unspecified atom stereocenters. The number of benzene rings is 2. The van der Waals surface area contributed by atoms with Crippen LogP contribution in [0.3, 0.4) is 0 Å². The molecule has 198 valence electrons. The number of aromatic hydroxyl groups is 1. The highest BCUT2D eigenvalue weighted by Crippen LogP contribution is 2.34. The van der Waals surface area contributed by atoms with Gasteiger partial charge < -0.3 is 19.3 Å². The number of carbonyl (C=O) groups excluding carboxylic acids is 1. The third-order valence-corrected chi connectivity index (χ3v) is 7.05. The van der Waals surface area contributed by atoms with E-state index in [0.29, 0.717) is 61.8 Å². The molecule has 4 rings (SSSR count). The monoisotopic (exact) mass is 534 g/mol. The zero-order valence-corrected chi connectivity index (χ0v) is 22.6. The van der Waals surface area contributed by atoms with E-state index in [0.717, 1.165) is 0 Å². The van der Waals surface area contributed by atoms with Gasteiger partial charge in [-0.1, -0.05) is 29.5 Å². The highest BCUT2D eigenvalue weighted by atomic mass is 32.1. The van der Waals surface area contributed by atoms with Gasteiger partial charge in [-0.2, -0.15) is 0 Å². The maximum atomic E-state index is 13.9. The van der Waals surface area contributed by atoms with Crippen molar-refractivity contribution in [2.24, 2.45) is 4.99 Å². The molecule has 0 aliphatic carbocycles. The average molecular weight is 535 g/mol. The molecule has 0 saturated heterocycles. The van der Waals surface area contributed by atoms with E-state index < -0.39 is 12.0 Å². The molecule has 0 amide bonds. The topological polar surface area (TPSA) is 99.4 Å². The molecular formula is C29H30N2O6S. The number of carbonyl (C=O) groups is 1. The first kappa shape index (κ1) is 26.9. The van der Waals surface area contributed by atoms with Gasteiger partial charge in [-0.15, -0.1) is 6.58 Å². The Morgan fingerprint density at radius 2 is 2.03 bits per heavy atom. The molecule has 9 heteroatoms. The van der Waals surface area contributed by atoms with Crippen molar-refractivity contribution in [1.29, 1.82) is 0 Å². The number of ether oxygens (including phenoxy) is 3. The fourth-order valence-electron chi connectivity index (χ4n) is 4.42. The van der Waals surface area contributed by atoms with Crippen molar-refractivity contribution in [3.8, 4) is 17.2 Å². The van der Waals surface area contributed by atoms with Gasteiger partial charge in [0, 0.05) is 5.56 Å². The molecule has 2 heterocycles. The lowest BCUT2D eigenvalue weighted by molar-refractivity contribution is -0.139. The minimum atomic E-state index is -0.738.